The lowest BCUT2D eigenvalue weighted by molar-refractivity contribution is 0.0948. The second kappa shape index (κ2) is 7.77. The van der Waals surface area contributed by atoms with Crippen molar-refractivity contribution in [3.05, 3.63) is 68.2 Å². The van der Waals surface area contributed by atoms with Crippen LogP contribution in [0, 0.1) is 0 Å². The largest absolute Gasteiger partial charge is 0.495 e. The lowest BCUT2D eigenvalue weighted by Gasteiger charge is -2.10. The number of hydrogen-bond donors (Lipinski definition) is 2. The first kappa shape index (κ1) is 17.5. The highest BCUT2D eigenvalue weighted by molar-refractivity contribution is 7.11. The Labute approximate surface area is 164 Å². The van der Waals surface area contributed by atoms with Gasteiger partial charge >= 0.3 is 0 Å². The van der Waals surface area contributed by atoms with Crippen LogP contribution in [-0.2, 0) is 6.54 Å². The summed E-state index contributed by atoms with van der Waals surface area (Å²) in [7, 11) is 1.57. The standard InChI is InChI=1S/C20H17N3O2S2/c1-25-19-15(20(24)21-12-14-5-3-11-27-14)7-9-17-18(19)16(22-23-17)8-6-13-4-2-10-26-13/h2-11H,12H2,1H3,(H,21,24)(H,22,23)/b8-6+. The molecule has 7 heteroatoms. The molecule has 0 aliphatic carbocycles. The molecule has 3 heterocycles. The Hall–Kier alpha value is -2.90. The van der Waals surface area contributed by atoms with E-state index >= 15 is 0 Å². The predicted octanol–water partition coefficient (Wildman–Crippen LogP) is 4.79. The van der Waals surface area contributed by atoms with Crippen molar-refractivity contribution < 1.29 is 9.53 Å². The van der Waals surface area contributed by atoms with E-state index in [0.29, 0.717) is 17.9 Å². The molecule has 1 aromatic carbocycles. The Morgan fingerprint density at radius 3 is 2.78 bits per heavy atom. The van der Waals surface area contributed by atoms with Gasteiger partial charge in [-0.1, -0.05) is 12.1 Å². The van der Waals surface area contributed by atoms with Crippen LogP contribution in [0.25, 0.3) is 23.1 Å². The normalized spacial score (nSPS) is 11.3. The highest BCUT2D eigenvalue weighted by Gasteiger charge is 2.18. The van der Waals surface area contributed by atoms with Crippen LogP contribution in [0.1, 0.15) is 25.8 Å². The molecule has 4 rings (SSSR count). The molecule has 5 nitrogen and oxygen atoms in total. The molecule has 0 radical (unpaired) electrons. The number of methoxy groups -OCH3 is 1. The average Bonchev–Trinajstić information content (AvgIpc) is 3.45. The van der Waals surface area contributed by atoms with Gasteiger partial charge in [-0.15, -0.1) is 22.7 Å². The SMILES string of the molecule is COc1c(C(=O)NCc2cccs2)ccc2[nH]nc(/C=C/c3cccs3)c12. The molecule has 0 unspecified atom stereocenters. The van der Waals surface area contributed by atoms with Gasteiger partial charge in [0.1, 0.15) is 5.75 Å². The van der Waals surface area contributed by atoms with Gasteiger partial charge in [-0.25, -0.2) is 0 Å². The van der Waals surface area contributed by atoms with Crippen molar-refractivity contribution >= 4 is 51.6 Å². The van der Waals surface area contributed by atoms with E-state index in [9.17, 15) is 4.79 Å². The minimum atomic E-state index is -0.170. The van der Waals surface area contributed by atoms with Gasteiger partial charge < -0.3 is 10.1 Å². The van der Waals surface area contributed by atoms with E-state index in [2.05, 4.69) is 15.5 Å². The van der Waals surface area contributed by atoms with Crippen molar-refractivity contribution in [2.24, 2.45) is 0 Å². The zero-order chi connectivity index (χ0) is 18.6. The van der Waals surface area contributed by atoms with Crippen molar-refractivity contribution in [2.45, 2.75) is 6.54 Å². The number of amides is 1. The number of rotatable bonds is 6. The van der Waals surface area contributed by atoms with Crippen LogP contribution < -0.4 is 10.1 Å². The first-order valence-corrected chi connectivity index (χ1v) is 10.1. The summed E-state index contributed by atoms with van der Waals surface area (Å²) in [6.45, 7) is 0.494. The van der Waals surface area contributed by atoms with Crippen LogP contribution in [0.2, 0.25) is 0 Å². The van der Waals surface area contributed by atoms with Gasteiger partial charge in [-0.2, -0.15) is 5.10 Å². The number of thiophene rings is 2. The Balaban J connectivity index is 1.67. The van der Waals surface area contributed by atoms with E-state index in [1.165, 1.54) is 0 Å². The maximum atomic E-state index is 12.7. The summed E-state index contributed by atoms with van der Waals surface area (Å²) < 4.78 is 5.60. The predicted molar refractivity (Wildman–Crippen MR) is 111 cm³/mol. The van der Waals surface area contributed by atoms with E-state index in [-0.39, 0.29) is 5.91 Å². The zero-order valence-corrected chi connectivity index (χ0v) is 16.2. The summed E-state index contributed by atoms with van der Waals surface area (Å²) >= 11 is 3.27. The van der Waals surface area contributed by atoms with Gasteiger partial charge in [0.05, 0.1) is 35.8 Å². The maximum absolute atomic E-state index is 12.7. The summed E-state index contributed by atoms with van der Waals surface area (Å²) in [6, 6.07) is 11.6. The fourth-order valence-electron chi connectivity index (χ4n) is 2.84. The van der Waals surface area contributed by atoms with E-state index < -0.39 is 0 Å². The summed E-state index contributed by atoms with van der Waals surface area (Å²) in [5.74, 6) is 0.354. The molecule has 3 aromatic heterocycles. The molecule has 0 aliphatic heterocycles. The van der Waals surface area contributed by atoms with E-state index in [1.807, 2.05) is 53.2 Å². The van der Waals surface area contributed by atoms with Crippen LogP contribution in [0.15, 0.2) is 47.2 Å². The third-order valence-corrected chi connectivity index (χ3v) is 5.83. The number of nitrogens with zero attached hydrogens (tertiary/aromatic N) is 1. The molecular weight excluding hydrogens is 378 g/mol. The van der Waals surface area contributed by atoms with Crippen molar-refractivity contribution in [3.8, 4) is 5.75 Å². The number of nitrogens with one attached hydrogen (secondary N) is 2. The first-order valence-electron chi connectivity index (χ1n) is 8.33. The van der Waals surface area contributed by atoms with Gasteiger partial charge in [0, 0.05) is 9.75 Å². The van der Waals surface area contributed by atoms with Gasteiger partial charge in [0.25, 0.3) is 5.91 Å². The molecule has 0 spiro atoms. The maximum Gasteiger partial charge on any atom is 0.255 e. The summed E-state index contributed by atoms with van der Waals surface area (Å²) in [5, 5.41) is 15.1. The minimum Gasteiger partial charge on any atom is -0.495 e. The molecule has 0 bridgehead atoms. The van der Waals surface area contributed by atoms with E-state index in [0.717, 1.165) is 26.4 Å². The number of hydrogen-bond acceptors (Lipinski definition) is 5. The van der Waals surface area contributed by atoms with Crippen LogP contribution >= 0.6 is 22.7 Å². The highest BCUT2D eigenvalue weighted by Crippen LogP contribution is 2.32. The van der Waals surface area contributed by atoms with Crippen LogP contribution in [0.5, 0.6) is 5.75 Å². The summed E-state index contributed by atoms with van der Waals surface area (Å²) in [4.78, 5) is 14.9. The molecule has 0 saturated heterocycles. The second-order valence-electron chi connectivity index (χ2n) is 5.79. The van der Waals surface area contributed by atoms with Crippen LogP contribution in [0.3, 0.4) is 0 Å². The summed E-state index contributed by atoms with van der Waals surface area (Å²) in [5.41, 5.74) is 2.06. The Morgan fingerprint density at radius 1 is 1.19 bits per heavy atom. The molecule has 0 fully saturated rings. The van der Waals surface area contributed by atoms with Gasteiger partial charge in [-0.3, -0.25) is 9.89 Å². The number of aromatic amines is 1. The number of benzene rings is 1. The Kier molecular flexibility index (Phi) is 5.04. The Bertz CT molecular complexity index is 1080. The molecule has 0 saturated carbocycles. The van der Waals surface area contributed by atoms with E-state index in [1.54, 1.807) is 35.8 Å². The number of carbonyl (C=O) groups excluding carboxylic acids is 1. The molecule has 27 heavy (non-hydrogen) atoms. The molecule has 0 aliphatic rings. The number of fused-ring (bicyclic) bond motifs is 1. The lowest BCUT2D eigenvalue weighted by Crippen LogP contribution is -2.22. The fourth-order valence-corrected chi connectivity index (χ4v) is 4.10. The molecule has 4 aromatic rings. The highest BCUT2D eigenvalue weighted by atomic mass is 32.1. The topological polar surface area (TPSA) is 67.0 Å². The molecule has 2 N–H and O–H groups in total. The third kappa shape index (κ3) is 3.65. The minimum absolute atomic E-state index is 0.170. The third-order valence-electron chi connectivity index (χ3n) is 4.11. The van der Waals surface area contributed by atoms with E-state index in [4.69, 9.17) is 4.74 Å². The van der Waals surface area contributed by atoms with Crippen molar-refractivity contribution in [2.75, 3.05) is 7.11 Å². The fraction of sp³-hybridized carbons (Fsp3) is 0.100. The molecular formula is C20H17N3O2S2. The molecule has 0 atom stereocenters. The number of ether oxygens (including phenoxy) is 1. The number of H-pyrrole nitrogens is 1. The zero-order valence-electron chi connectivity index (χ0n) is 14.6. The first-order chi connectivity index (χ1) is 13.3. The number of aromatic nitrogens is 2. The van der Waals surface area contributed by atoms with Crippen molar-refractivity contribution in [3.63, 3.8) is 0 Å². The van der Waals surface area contributed by atoms with Crippen molar-refractivity contribution in [1.29, 1.82) is 0 Å². The smallest absolute Gasteiger partial charge is 0.255 e. The van der Waals surface area contributed by atoms with Gasteiger partial charge in [0.15, 0.2) is 0 Å². The monoisotopic (exact) mass is 395 g/mol. The quantitative estimate of drug-likeness (QED) is 0.493. The Morgan fingerprint density at radius 2 is 2.04 bits per heavy atom. The second-order valence-corrected chi connectivity index (χ2v) is 7.80. The lowest BCUT2D eigenvalue weighted by atomic mass is 10.1. The average molecular weight is 396 g/mol. The molecule has 1 amide bonds. The van der Waals surface area contributed by atoms with Gasteiger partial charge in [-0.05, 0) is 47.2 Å². The molecule has 136 valence electrons. The number of carbonyl (C=O) groups is 1. The summed E-state index contributed by atoms with van der Waals surface area (Å²) in [6.07, 6.45) is 3.93. The van der Waals surface area contributed by atoms with Gasteiger partial charge in [0.2, 0.25) is 0 Å². The van der Waals surface area contributed by atoms with Crippen LogP contribution in [-0.4, -0.2) is 23.2 Å². The van der Waals surface area contributed by atoms with Crippen molar-refractivity contribution in [1.82, 2.24) is 15.5 Å². The van der Waals surface area contributed by atoms with Crippen LogP contribution in [0.4, 0.5) is 0 Å².